The molecule has 28 heavy (non-hydrogen) atoms. The van der Waals surface area contributed by atoms with E-state index < -0.39 is 0 Å². The second-order valence-corrected chi connectivity index (χ2v) is 6.49. The molecule has 1 heterocycles. The van der Waals surface area contributed by atoms with Gasteiger partial charge in [-0.25, -0.2) is 4.39 Å². The third kappa shape index (κ3) is 5.07. The van der Waals surface area contributed by atoms with Gasteiger partial charge in [-0.15, -0.1) is 0 Å². The molecule has 2 aromatic carbocycles. The number of rotatable bonds is 7. The van der Waals surface area contributed by atoms with Gasteiger partial charge in [-0.3, -0.25) is 9.78 Å². The van der Waals surface area contributed by atoms with Gasteiger partial charge in [0.2, 0.25) is 0 Å². The number of anilines is 2. The van der Waals surface area contributed by atoms with Gasteiger partial charge < -0.3 is 15.4 Å². The highest BCUT2D eigenvalue weighted by atomic mass is 19.1. The first-order valence-corrected chi connectivity index (χ1v) is 9.03. The van der Waals surface area contributed by atoms with E-state index >= 15 is 0 Å². The second kappa shape index (κ2) is 8.99. The van der Waals surface area contributed by atoms with Gasteiger partial charge in [0, 0.05) is 24.0 Å². The lowest BCUT2D eigenvalue weighted by atomic mass is 10.2. The highest BCUT2D eigenvalue weighted by Crippen LogP contribution is 2.28. The topological polar surface area (TPSA) is 63.2 Å². The first-order valence-electron chi connectivity index (χ1n) is 9.03. The lowest BCUT2D eigenvalue weighted by Gasteiger charge is -2.15. The van der Waals surface area contributed by atoms with E-state index in [1.54, 1.807) is 36.5 Å². The minimum absolute atomic E-state index is 0.0418. The fourth-order valence-electron chi connectivity index (χ4n) is 2.62. The zero-order chi connectivity index (χ0) is 19.9. The summed E-state index contributed by atoms with van der Waals surface area (Å²) >= 11 is 0. The smallest absolute Gasteiger partial charge is 0.270 e. The molecule has 144 valence electrons. The standard InChI is InChI=1S/C22H22FN3O2/c1-15(2)28-21-10-6-5-9-19(21)26-17-11-12-24-20(13-17)22(27)25-14-16-7-3-4-8-18(16)23/h3-13,15H,14H2,1-2H3,(H,24,26)(H,25,27). The number of hydrogen-bond donors (Lipinski definition) is 2. The summed E-state index contributed by atoms with van der Waals surface area (Å²) in [4.78, 5) is 16.5. The van der Waals surface area contributed by atoms with E-state index in [1.807, 2.05) is 38.1 Å². The van der Waals surface area contributed by atoms with Crippen molar-refractivity contribution in [3.63, 3.8) is 0 Å². The van der Waals surface area contributed by atoms with Crippen molar-refractivity contribution in [2.75, 3.05) is 5.32 Å². The van der Waals surface area contributed by atoms with Crippen LogP contribution in [-0.2, 0) is 6.54 Å². The van der Waals surface area contributed by atoms with E-state index in [9.17, 15) is 9.18 Å². The molecule has 0 spiro atoms. The minimum atomic E-state index is -0.376. The predicted octanol–water partition coefficient (Wildman–Crippen LogP) is 4.68. The first-order chi connectivity index (χ1) is 13.5. The Morgan fingerprint density at radius 1 is 1.11 bits per heavy atom. The number of amides is 1. The molecule has 1 aromatic heterocycles. The lowest BCUT2D eigenvalue weighted by Crippen LogP contribution is -2.24. The summed E-state index contributed by atoms with van der Waals surface area (Å²) in [6.07, 6.45) is 1.59. The van der Waals surface area contributed by atoms with E-state index in [0.29, 0.717) is 11.3 Å². The van der Waals surface area contributed by atoms with Crippen molar-refractivity contribution in [2.45, 2.75) is 26.5 Å². The van der Waals surface area contributed by atoms with Crippen LogP contribution in [0.3, 0.4) is 0 Å². The van der Waals surface area contributed by atoms with Crippen LogP contribution in [0.15, 0.2) is 66.9 Å². The summed E-state index contributed by atoms with van der Waals surface area (Å²) in [6, 6.07) is 17.3. The number of benzene rings is 2. The molecular formula is C22H22FN3O2. The number of ether oxygens (including phenoxy) is 1. The molecule has 5 nitrogen and oxygen atoms in total. The highest BCUT2D eigenvalue weighted by Gasteiger charge is 2.11. The Bertz CT molecular complexity index is 960. The van der Waals surface area contributed by atoms with E-state index in [-0.39, 0.29) is 30.1 Å². The molecular weight excluding hydrogens is 357 g/mol. The number of nitrogens with one attached hydrogen (secondary N) is 2. The molecule has 3 aromatic rings. The maximum Gasteiger partial charge on any atom is 0.270 e. The molecule has 0 aliphatic heterocycles. The Kier molecular flexibility index (Phi) is 6.22. The largest absolute Gasteiger partial charge is 0.489 e. The molecule has 0 saturated heterocycles. The van der Waals surface area contributed by atoms with Crippen LogP contribution in [0.1, 0.15) is 29.9 Å². The number of para-hydroxylation sites is 2. The molecule has 0 bridgehead atoms. The number of aromatic nitrogens is 1. The van der Waals surface area contributed by atoms with Crippen molar-refractivity contribution < 1.29 is 13.9 Å². The van der Waals surface area contributed by atoms with Crippen molar-refractivity contribution in [1.29, 1.82) is 0 Å². The Labute approximate surface area is 163 Å². The molecule has 6 heteroatoms. The summed E-state index contributed by atoms with van der Waals surface area (Å²) in [6.45, 7) is 4.01. The Morgan fingerprint density at radius 2 is 1.86 bits per heavy atom. The van der Waals surface area contributed by atoms with Gasteiger partial charge >= 0.3 is 0 Å². The van der Waals surface area contributed by atoms with Crippen molar-refractivity contribution in [3.05, 3.63) is 83.9 Å². The first kappa shape index (κ1) is 19.4. The normalized spacial score (nSPS) is 10.6. The van der Waals surface area contributed by atoms with Crippen LogP contribution in [0.25, 0.3) is 0 Å². The van der Waals surface area contributed by atoms with Gasteiger partial charge in [0.1, 0.15) is 17.3 Å². The summed E-state index contributed by atoms with van der Waals surface area (Å²) in [5.74, 6) is -0.00794. The van der Waals surface area contributed by atoms with Crippen LogP contribution in [0.5, 0.6) is 5.75 Å². The minimum Gasteiger partial charge on any atom is -0.489 e. The fourth-order valence-corrected chi connectivity index (χ4v) is 2.62. The van der Waals surface area contributed by atoms with Crippen LogP contribution in [0.2, 0.25) is 0 Å². The Morgan fingerprint density at radius 3 is 2.64 bits per heavy atom. The van der Waals surface area contributed by atoms with Crippen molar-refractivity contribution in [2.24, 2.45) is 0 Å². The molecule has 0 radical (unpaired) electrons. The van der Waals surface area contributed by atoms with Crippen LogP contribution in [0.4, 0.5) is 15.8 Å². The summed E-state index contributed by atoms with van der Waals surface area (Å²) in [5, 5.41) is 5.94. The second-order valence-electron chi connectivity index (χ2n) is 6.49. The molecule has 0 atom stereocenters. The summed E-state index contributed by atoms with van der Waals surface area (Å²) < 4.78 is 19.5. The maximum absolute atomic E-state index is 13.7. The Hall–Kier alpha value is -3.41. The third-order valence-corrected chi connectivity index (χ3v) is 3.92. The number of nitrogens with zero attached hydrogens (tertiary/aromatic N) is 1. The van der Waals surface area contributed by atoms with Crippen LogP contribution in [0, 0.1) is 5.82 Å². The van der Waals surface area contributed by atoms with Gasteiger partial charge in [-0.05, 0) is 44.2 Å². The van der Waals surface area contributed by atoms with Crippen LogP contribution in [-0.4, -0.2) is 17.0 Å². The van der Waals surface area contributed by atoms with Gasteiger partial charge in [-0.1, -0.05) is 30.3 Å². The van der Waals surface area contributed by atoms with Crippen molar-refractivity contribution >= 4 is 17.3 Å². The van der Waals surface area contributed by atoms with E-state index in [2.05, 4.69) is 15.6 Å². The molecule has 0 aliphatic rings. The SMILES string of the molecule is CC(C)Oc1ccccc1Nc1ccnc(C(=O)NCc2ccccc2F)c1. The molecule has 0 aliphatic carbocycles. The molecule has 2 N–H and O–H groups in total. The number of carbonyl (C=O) groups is 1. The van der Waals surface area contributed by atoms with Crippen molar-refractivity contribution in [3.8, 4) is 5.75 Å². The summed E-state index contributed by atoms with van der Waals surface area (Å²) in [5.41, 5.74) is 2.15. The van der Waals surface area contributed by atoms with Crippen LogP contribution >= 0.6 is 0 Å². The lowest BCUT2D eigenvalue weighted by molar-refractivity contribution is 0.0945. The van der Waals surface area contributed by atoms with Crippen LogP contribution < -0.4 is 15.4 Å². The molecule has 0 fully saturated rings. The predicted molar refractivity (Wildman–Crippen MR) is 107 cm³/mol. The molecule has 0 saturated carbocycles. The number of hydrogen-bond acceptors (Lipinski definition) is 4. The zero-order valence-electron chi connectivity index (χ0n) is 15.8. The average Bonchev–Trinajstić information content (AvgIpc) is 2.68. The number of halogens is 1. The van der Waals surface area contributed by atoms with Gasteiger partial charge in [0.15, 0.2) is 0 Å². The quantitative estimate of drug-likeness (QED) is 0.626. The van der Waals surface area contributed by atoms with Crippen molar-refractivity contribution in [1.82, 2.24) is 10.3 Å². The monoisotopic (exact) mass is 379 g/mol. The zero-order valence-corrected chi connectivity index (χ0v) is 15.8. The highest BCUT2D eigenvalue weighted by molar-refractivity contribution is 5.93. The average molecular weight is 379 g/mol. The third-order valence-electron chi connectivity index (χ3n) is 3.92. The van der Waals surface area contributed by atoms with Gasteiger partial charge in [-0.2, -0.15) is 0 Å². The fraction of sp³-hybridized carbons (Fsp3) is 0.182. The van der Waals surface area contributed by atoms with E-state index in [1.165, 1.54) is 6.07 Å². The molecule has 0 unspecified atom stereocenters. The van der Waals surface area contributed by atoms with Gasteiger partial charge in [0.25, 0.3) is 5.91 Å². The number of carbonyl (C=O) groups excluding carboxylic acids is 1. The van der Waals surface area contributed by atoms with E-state index in [0.717, 1.165) is 11.4 Å². The van der Waals surface area contributed by atoms with Gasteiger partial charge in [0.05, 0.1) is 11.8 Å². The maximum atomic E-state index is 13.7. The summed E-state index contributed by atoms with van der Waals surface area (Å²) in [7, 11) is 0. The molecule has 3 rings (SSSR count). The molecule has 1 amide bonds. The van der Waals surface area contributed by atoms with E-state index in [4.69, 9.17) is 4.74 Å². The Balaban J connectivity index is 1.70. The number of pyridine rings is 1.